The van der Waals surface area contributed by atoms with Crippen molar-refractivity contribution in [3.8, 4) is 0 Å². The summed E-state index contributed by atoms with van der Waals surface area (Å²) < 4.78 is 1.81. The highest BCUT2D eigenvalue weighted by molar-refractivity contribution is 5.94. The first-order valence-electron chi connectivity index (χ1n) is 6.30. The van der Waals surface area contributed by atoms with Gasteiger partial charge in [0, 0.05) is 17.5 Å². The number of nitrogens with one attached hydrogen (secondary N) is 1. The van der Waals surface area contributed by atoms with Crippen LogP contribution in [0.25, 0.3) is 0 Å². The zero-order valence-corrected chi connectivity index (χ0v) is 11.7. The van der Waals surface area contributed by atoms with Crippen molar-refractivity contribution < 1.29 is 14.8 Å². The Morgan fingerprint density at radius 2 is 1.90 bits per heavy atom. The van der Waals surface area contributed by atoms with Crippen LogP contribution in [0.4, 0.5) is 5.69 Å². The number of benzene rings is 1. The molecule has 0 amide bonds. The monoisotopic (exact) mass is 289 g/mol. The maximum absolute atomic E-state index is 11.3. The van der Waals surface area contributed by atoms with E-state index in [0.29, 0.717) is 5.56 Å². The van der Waals surface area contributed by atoms with Crippen molar-refractivity contribution in [1.29, 1.82) is 0 Å². The zero-order valence-electron chi connectivity index (χ0n) is 11.7. The van der Waals surface area contributed by atoms with Gasteiger partial charge >= 0.3 is 5.97 Å². The van der Waals surface area contributed by atoms with Crippen molar-refractivity contribution in [2.45, 2.75) is 20.4 Å². The Bertz CT molecular complexity index is 687. The summed E-state index contributed by atoms with van der Waals surface area (Å²) in [6.07, 6.45) is 0. The number of carboxylic acids is 1. The summed E-state index contributed by atoms with van der Waals surface area (Å²) in [5.74, 6) is -1.31. The minimum Gasteiger partial charge on any atom is -0.477 e. The summed E-state index contributed by atoms with van der Waals surface area (Å²) >= 11 is 0. The summed E-state index contributed by atoms with van der Waals surface area (Å²) in [6, 6.07) is 8.09. The predicted octanol–water partition coefficient (Wildman–Crippen LogP) is 2.46. The van der Waals surface area contributed by atoms with E-state index in [1.807, 2.05) is 30.7 Å². The van der Waals surface area contributed by atoms with E-state index in [2.05, 4.69) is 5.43 Å². The first-order chi connectivity index (χ1) is 9.91. The molecule has 0 aliphatic carbocycles. The molecule has 1 heterocycles. The molecule has 0 spiro atoms. The number of carboxylic acid groups (broad SMARTS) is 1. The maximum Gasteiger partial charge on any atom is 0.343 e. The molecule has 1 aromatic heterocycles. The Balaban J connectivity index is 2.34. The number of hydrogen-bond acceptors (Lipinski definition) is 4. The molecule has 0 aliphatic heterocycles. The fourth-order valence-electron chi connectivity index (χ4n) is 2.22. The van der Waals surface area contributed by atoms with Crippen molar-refractivity contribution in [1.82, 2.24) is 4.68 Å². The summed E-state index contributed by atoms with van der Waals surface area (Å²) in [5.41, 5.74) is 4.69. The summed E-state index contributed by atoms with van der Waals surface area (Å²) in [6.45, 7) is 4.00. The van der Waals surface area contributed by atoms with E-state index in [1.54, 1.807) is 6.07 Å². The number of carbonyl (C=O) groups is 1. The quantitative estimate of drug-likeness (QED) is 0.651. The lowest BCUT2D eigenvalue weighted by Gasteiger charge is -2.14. The van der Waals surface area contributed by atoms with Crippen molar-refractivity contribution in [3.63, 3.8) is 0 Å². The number of hydrogen-bond donors (Lipinski definition) is 2. The molecule has 7 nitrogen and oxygen atoms in total. The van der Waals surface area contributed by atoms with Crippen LogP contribution in [0.3, 0.4) is 0 Å². The van der Waals surface area contributed by atoms with Gasteiger partial charge < -0.3 is 10.5 Å². The largest absolute Gasteiger partial charge is 0.477 e. The number of nitro groups is 1. The molecule has 0 saturated carbocycles. The lowest BCUT2D eigenvalue weighted by Crippen LogP contribution is -2.19. The van der Waals surface area contributed by atoms with E-state index in [0.717, 1.165) is 11.4 Å². The van der Waals surface area contributed by atoms with Crippen molar-refractivity contribution in [3.05, 3.63) is 63.0 Å². The molecule has 21 heavy (non-hydrogen) atoms. The lowest BCUT2D eigenvalue weighted by atomic mass is 10.1. The van der Waals surface area contributed by atoms with Gasteiger partial charge in [-0.1, -0.05) is 12.1 Å². The molecule has 2 aromatic rings. The average molecular weight is 289 g/mol. The van der Waals surface area contributed by atoms with E-state index in [-0.39, 0.29) is 12.1 Å². The smallest absolute Gasteiger partial charge is 0.343 e. The molecule has 0 radical (unpaired) electrons. The number of aryl methyl sites for hydroxylation is 2. The van der Waals surface area contributed by atoms with Crippen LogP contribution in [0.2, 0.25) is 0 Å². The minimum atomic E-state index is -1.31. The molecular formula is C14H15N3O4. The fourth-order valence-corrected chi connectivity index (χ4v) is 2.22. The lowest BCUT2D eigenvalue weighted by molar-refractivity contribution is -0.385. The normalized spacial score (nSPS) is 10.4. The van der Waals surface area contributed by atoms with Gasteiger partial charge in [0.05, 0.1) is 11.5 Å². The van der Waals surface area contributed by atoms with E-state index < -0.39 is 16.6 Å². The average Bonchev–Trinajstić information content (AvgIpc) is 2.75. The molecule has 0 unspecified atom stereocenters. The van der Waals surface area contributed by atoms with Gasteiger partial charge in [0.25, 0.3) is 5.69 Å². The Kier molecular flexibility index (Phi) is 3.93. The molecule has 1 aromatic carbocycles. The SMILES string of the molecule is Cc1ccc(C)n1NCc1cccc([N+](=O)[O-])c1C(=O)O. The third kappa shape index (κ3) is 2.86. The molecule has 110 valence electrons. The van der Waals surface area contributed by atoms with Crippen LogP contribution < -0.4 is 5.43 Å². The molecule has 2 N–H and O–H groups in total. The van der Waals surface area contributed by atoms with Gasteiger partial charge in [0.2, 0.25) is 0 Å². The number of aromatic nitrogens is 1. The van der Waals surface area contributed by atoms with E-state index in [9.17, 15) is 20.0 Å². The Labute approximate surface area is 120 Å². The standard InChI is InChI=1S/C14H15N3O4/c1-9-6-7-10(2)16(9)15-8-11-4-3-5-12(17(20)21)13(11)14(18)19/h3-7,15H,8H2,1-2H3,(H,18,19). The van der Waals surface area contributed by atoms with Crippen LogP contribution in [0.15, 0.2) is 30.3 Å². The number of nitro benzene ring substituents is 1. The number of nitrogens with zero attached hydrogens (tertiary/aromatic N) is 2. The Morgan fingerprint density at radius 1 is 1.29 bits per heavy atom. The van der Waals surface area contributed by atoms with Crippen LogP contribution in [0, 0.1) is 24.0 Å². The molecule has 0 bridgehead atoms. The van der Waals surface area contributed by atoms with Gasteiger partial charge in [0.1, 0.15) is 5.56 Å². The summed E-state index contributed by atoms with van der Waals surface area (Å²) in [4.78, 5) is 21.6. The van der Waals surface area contributed by atoms with Gasteiger partial charge in [-0.3, -0.25) is 14.8 Å². The van der Waals surface area contributed by atoms with Crippen LogP contribution >= 0.6 is 0 Å². The van der Waals surface area contributed by atoms with Crippen LogP contribution in [-0.2, 0) is 6.54 Å². The molecule has 7 heteroatoms. The van der Waals surface area contributed by atoms with Gasteiger partial charge in [-0.15, -0.1) is 0 Å². The molecule has 0 fully saturated rings. The van der Waals surface area contributed by atoms with Crippen LogP contribution in [0.5, 0.6) is 0 Å². The highest BCUT2D eigenvalue weighted by Gasteiger charge is 2.23. The van der Waals surface area contributed by atoms with E-state index in [4.69, 9.17) is 0 Å². The second kappa shape index (κ2) is 5.66. The zero-order chi connectivity index (χ0) is 15.6. The Hall–Kier alpha value is -2.83. The third-order valence-electron chi connectivity index (χ3n) is 3.24. The Morgan fingerprint density at radius 3 is 2.43 bits per heavy atom. The van der Waals surface area contributed by atoms with E-state index >= 15 is 0 Å². The van der Waals surface area contributed by atoms with E-state index in [1.165, 1.54) is 12.1 Å². The highest BCUT2D eigenvalue weighted by Crippen LogP contribution is 2.22. The van der Waals surface area contributed by atoms with Crippen LogP contribution in [0.1, 0.15) is 27.3 Å². The minimum absolute atomic E-state index is 0.180. The van der Waals surface area contributed by atoms with Crippen LogP contribution in [-0.4, -0.2) is 20.7 Å². The second-order valence-electron chi connectivity index (χ2n) is 4.66. The van der Waals surface area contributed by atoms with Gasteiger partial charge in [-0.2, -0.15) is 0 Å². The first-order valence-corrected chi connectivity index (χ1v) is 6.30. The summed E-state index contributed by atoms with van der Waals surface area (Å²) in [7, 11) is 0. The van der Waals surface area contributed by atoms with Gasteiger partial charge in [0.15, 0.2) is 0 Å². The fraction of sp³-hybridized carbons (Fsp3) is 0.214. The molecule has 0 aliphatic rings. The molecule has 2 rings (SSSR count). The first kappa shape index (κ1) is 14.6. The van der Waals surface area contributed by atoms with Crippen molar-refractivity contribution in [2.24, 2.45) is 0 Å². The van der Waals surface area contributed by atoms with Gasteiger partial charge in [-0.05, 0) is 31.5 Å². The topological polar surface area (TPSA) is 97.4 Å². The molecule has 0 saturated heterocycles. The maximum atomic E-state index is 11.3. The predicted molar refractivity (Wildman–Crippen MR) is 77.0 cm³/mol. The molecule has 0 atom stereocenters. The molecular weight excluding hydrogens is 274 g/mol. The number of rotatable bonds is 5. The second-order valence-corrected chi connectivity index (χ2v) is 4.66. The highest BCUT2D eigenvalue weighted by atomic mass is 16.6. The van der Waals surface area contributed by atoms with Gasteiger partial charge in [-0.25, -0.2) is 4.79 Å². The number of aromatic carboxylic acids is 1. The summed E-state index contributed by atoms with van der Waals surface area (Å²) in [5, 5.41) is 20.2. The van der Waals surface area contributed by atoms with Crippen molar-refractivity contribution in [2.75, 3.05) is 5.43 Å². The van der Waals surface area contributed by atoms with Crippen molar-refractivity contribution >= 4 is 11.7 Å². The third-order valence-corrected chi connectivity index (χ3v) is 3.24.